The summed E-state index contributed by atoms with van der Waals surface area (Å²) in [7, 11) is 0. The quantitative estimate of drug-likeness (QED) is 0.594. The predicted molar refractivity (Wildman–Crippen MR) is 104 cm³/mol. The van der Waals surface area contributed by atoms with E-state index in [0.717, 1.165) is 22.6 Å². The summed E-state index contributed by atoms with van der Waals surface area (Å²) in [5, 5.41) is 4.18. The van der Waals surface area contributed by atoms with Gasteiger partial charge in [-0.05, 0) is 29.8 Å². The number of nitrogens with zero attached hydrogens (tertiary/aromatic N) is 2. The zero-order chi connectivity index (χ0) is 17.5. The van der Waals surface area contributed by atoms with E-state index in [1.807, 2.05) is 66.7 Å². The molecule has 1 atom stereocenters. The Bertz CT molecular complexity index is 1160. The van der Waals surface area contributed by atoms with Gasteiger partial charge in [-0.1, -0.05) is 54.6 Å². The summed E-state index contributed by atoms with van der Waals surface area (Å²) < 4.78 is 1.80. The second-order valence-electron chi connectivity index (χ2n) is 6.52. The number of hydrogen-bond acceptors (Lipinski definition) is 3. The third-order valence-corrected chi connectivity index (χ3v) is 4.88. The van der Waals surface area contributed by atoms with Gasteiger partial charge in [0.1, 0.15) is 12.0 Å². The smallest absolute Gasteiger partial charge is 0.263 e. The third kappa shape index (κ3) is 2.30. The topological polar surface area (TPSA) is 46.9 Å². The molecule has 126 valence electrons. The molecular weight excluding hydrogens is 322 g/mol. The van der Waals surface area contributed by atoms with Gasteiger partial charge >= 0.3 is 0 Å². The molecule has 0 saturated heterocycles. The Morgan fingerprint density at radius 3 is 2.50 bits per heavy atom. The van der Waals surface area contributed by atoms with Crippen molar-refractivity contribution in [3.63, 3.8) is 0 Å². The molecule has 1 N–H and O–H groups in total. The van der Waals surface area contributed by atoms with Crippen LogP contribution >= 0.6 is 0 Å². The number of para-hydroxylation sites is 2. The number of rotatable bonds is 2. The molecule has 26 heavy (non-hydrogen) atoms. The largest absolute Gasteiger partial charge is 0.364 e. The standard InChI is InChI=1S/C22H17N3O/c26-22-17-11-5-7-13-19(17)24-21-16-10-4-6-12-18(16)23-20(25(21)22)14-15-8-2-1-3-9-15/h1-13,20,23H,14H2. The fourth-order valence-corrected chi connectivity index (χ4v) is 3.65. The van der Waals surface area contributed by atoms with Crippen LogP contribution in [-0.2, 0) is 6.42 Å². The molecule has 1 aromatic heterocycles. The summed E-state index contributed by atoms with van der Waals surface area (Å²) in [4.78, 5) is 18.1. The number of hydrogen-bond donors (Lipinski definition) is 1. The first-order chi connectivity index (χ1) is 12.8. The maximum atomic E-state index is 13.3. The molecule has 1 unspecified atom stereocenters. The van der Waals surface area contributed by atoms with Crippen molar-refractivity contribution in [2.45, 2.75) is 12.6 Å². The molecule has 4 heteroatoms. The zero-order valence-electron chi connectivity index (χ0n) is 14.1. The van der Waals surface area contributed by atoms with E-state index in [2.05, 4.69) is 17.4 Å². The van der Waals surface area contributed by atoms with Crippen molar-refractivity contribution in [3.05, 3.63) is 94.8 Å². The maximum Gasteiger partial charge on any atom is 0.263 e. The SMILES string of the molecule is O=c1c2ccccc2nc2n1C(Cc1ccccc1)Nc1ccccc1-2. The molecule has 0 bridgehead atoms. The van der Waals surface area contributed by atoms with Gasteiger partial charge in [0.2, 0.25) is 0 Å². The molecule has 3 aromatic carbocycles. The molecule has 2 heterocycles. The van der Waals surface area contributed by atoms with E-state index >= 15 is 0 Å². The highest BCUT2D eigenvalue weighted by Gasteiger charge is 2.26. The average Bonchev–Trinajstić information content (AvgIpc) is 2.69. The first kappa shape index (κ1) is 14.9. The number of benzene rings is 3. The Balaban J connectivity index is 1.76. The minimum atomic E-state index is -0.174. The van der Waals surface area contributed by atoms with E-state index in [4.69, 9.17) is 4.98 Å². The number of aromatic nitrogens is 2. The van der Waals surface area contributed by atoms with E-state index in [0.29, 0.717) is 11.8 Å². The van der Waals surface area contributed by atoms with Crippen LogP contribution in [0.15, 0.2) is 83.7 Å². The summed E-state index contributed by atoms with van der Waals surface area (Å²) in [6, 6.07) is 25.8. The number of anilines is 1. The average molecular weight is 339 g/mol. The lowest BCUT2D eigenvalue weighted by Gasteiger charge is -2.31. The van der Waals surface area contributed by atoms with Gasteiger partial charge in [0.05, 0.1) is 10.9 Å². The molecule has 4 nitrogen and oxygen atoms in total. The zero-order valence-corrected chi connectivity index (χ0v) is 14.1. The highest BCUT2D eigenvalue weighted by Crippen LogP contribution is 2.35. The lowest BCUT2D eigenvalue weighted by molar-refractivity contribution is 0.535. The minimum Gasteiger partial charge on any atom is -0.364 e. The van der Waals surface area contributed by atoms with Crippen LogP contribution < -0.4 is 10.9 Å². The fraction of sp³-hybridized carbons (Fsp3) is 0.0909. The lowest BCUT2D eigenvalue weighted by Crippen LogP contribution is -2.36. The second kappa shape index (κ2) is 5.85. The first-order valence-corrected chi connectivity index (χ1v) is 8.72. The molecule has 0 fully saturated rings. The Labute approximate surface area is 150 Å². The molecule has 0 aliphatic carbocycles. The van der Waals surface area contributed by atoms with Crippen LogP contribution in [0.3, 0.4) is 0 Å². The lowest BCUT2D eigenvalue weighted by atomic mass is 10.0. The van der Waals surface area contributed by atoms with E-state index in [1.54, 1.807) is 4.57 Å². The molecule has 0 radical (unpaired) electrons. The molecule has 1 aliphatic heterocycles. The van der Waals surface area contributed by atoms with Crippen molar-refractivity contribution >= 4 is 16.6 Å². The van der Waals surface area contributed by atoms with Gasteiger partial charge < -0.3 is 5.32 Å². The second-order valence-corrected chi connectivity index (χ2v) is 6.52. The summed E-state index contributed by atoms with van der Waals surface area (Å²) >= 11 is 0. The molecular formula is C22H17N3O. The first-order valence-electron chi connectivity index (χ1n) is 8.72. The van der Waals surface area contributed by atoms with Crippen molar-refractivity contribution in [2.24, 2.45) is 0 Å². The summed E-state index contributed by atoms with van der Waals surface area (Å²) in [5.74, 6) is 0.726. The fourth-order valence-electron chi connectivity index (χ4n) is 3.65. The van der Waals surface area contributed by atoms with Crippen LogP contribution in [0.2, 0.25) is 0 Å². The molecule has 0 amide bonds. The molecule has 1 aliphatic rings. The molecule has 0 spiro atoms. The summed E-state index contributed by atoms with van der Waals surface area (Å²) in [6.45, 7) is 0. The van der Waals surface area contributed by atoms with Crippen LogP contribution in [0, 0.1) is 0 Å². The Morgan fingerprint density at radius 2 is 1.62 bits per heavy atom. The minimum absolute atomic E-state index is 0.00599. The summed E-state index contributed by atoms with van der Waals surface area (Å²) in [6.07, 6.45) is 0.536. The maximum absolute atomic E-state index is 13.3. The van der Waals surface area contributed by atoms with E-state index in [1.165, 1.54) is 5.56 Å². The van der Waals surface area contributed by atoms with Crippen LogP contribution in [-0.4, -0.2) is 9.55 Å². The number of nitrogens with one attached hydrogen (secondary N) is 1. The highest BCUT2D eigenvalue weighted by molar-refractivity contribution is 5.83. The van der Waals surface area contributed by atoms with Crippen LogP contribution in [0.25, 0.3) is 22.3 Å². The van der Waals surface area contributed by atoms with Gasteiger partial charge in [-0.2, -0.15) is 0 Å². The normalized spacial score (nSPS) is 15.2. The molecule has 4 aromatic rings. The monoisotopic (exact) mass is 339 g/mol. The van der Waals surface area contributed by atoms with Crippen LogP contribution in [0.1, 0.15) is 11.7 Å². The molecule has 0 saturated carbocycles. The van der Waals surface area contributed by atoms with Crippen molar-refractivity contribution in [1.29, 1.82) is 0 Å². The summed E-state index contributed by atoms with van der Waals surface area (Å²) in [5.41, 5.74) is 3.87. The van der Waals surface area contributed by atoms with Gasteiger partial charge in [-0.3, -0.25) is 9.36 Å². The van der Waals surface area contributed by atoms with Gasteiger partial charge in [-0.25, -0.2) is 4.98 Å². The number of fused-ring (bicyclic) bond motifs is 4. The van der Waals surface area contributed by atoms with Crippen LogP contribution in [0.4, 0.5) is 5.69 Å². The van der Waals surface area contributed by atoms with E-state index in [-0.39, 0.29) is 11.7 Å². The molecule has 5 rings (SSSR count). The predicted octanol–water partition coefficient (Wildman–Crippen LogP) is 4.23. The van der Waals surface area contributed by atoms with Crippen molar-refractivity contribution in [3.8, 4) is 11.4 Å². The van der Waals surface area contributed by atoms with Gasteiger partial charge in [-0.15, -0.1) is 0 Å². The van der Waals surface area contributed by atoms with E-state index in [9.17, 15) is 4.79 Å². The van der Waals surface area contributed by atoms with E-state index < -0.39 is 0 Å². The Morgan fingerprint density at radius 1 is 0.885 bits per heavy atom. The highest BCUT2D eigenvalue weighted by atomic mass is 16.1. The van der Waals surface area contributed by atoms with Gasteiger partial charge in [0.15, 0.2) is 0 Å². The van der Waals surface area contributed by atoms with Crippen LogP contribution in [0.5, 0.6) is 0 Å². The van der Waals surface area contributed by atoms with Crippen molar-refractivity contribution in [1.82, 2.24) is 9.55 Å². The van der Waals surface area contributed by atoms with Crippen molar-refractivity contribution in [2.75, 3.05) is 5.32 Å². The third-order valence-electron chi connectivity index (χ3n) is 4.88. The Kier molecular flexibility index (Phi) is 3.35. The van der Waals surface area contributed by atoms with Gasteiger partial charge in [0, 0.05) is 17.7 Å². The Hall–Kier alpha value is -3.40. The van der Waals surface area contributed by atoms with Gasteiger partial charge in [0.25, 0.3) is 5.56 Å². The van der Waals surface area contributed by atoms with Crippen molar-refractivity contribution < 1.29 is 0 Å².